The zero-order valence-electron chi connectivity index (χ0n) is 17.4. The third-order valence-corrected chi connectivity index (χ3v) is 5.90. The lowest BCUT2D eigenvalue weighted by Crippen LogP contribution is -2.59. The topological polar surface area (TPSA) is 28.0 Å². The van der Waals surface area contributed by atoms with Crippen LogP contribution in [-0.4, -0.2) is 41.1 Å². The number of amidine groups is 2. The Kier molecular flexibility index (Phi) is 7.01. The number of aliphatic imine (C=N–C) groups is 2. The number of halogens is 6. The van der Waals surface area contributed by atoms with Crippen molar-refractivity contribution in [1.82, 2.24) is 4.90 Å². The normalized spacial score (nSPS) is 20.4. The van der Waals surface area contributed by atoms with Gasteiger partial charge in [0.15, 0.2) is 0 Å². The highest BCUT2D eigenvalue weighted by molar-refractivity contribution is 6.10. The molecule has 0 aromatic heterocycles. The summed E-state index contributed by atoms with van der Waals surface area (Å²) in [6.45, 7) is 2.06. The van der Waals surface area contributed by atoms with Gasteiger partial charge < -0.3 is 4.90 Å². The average molecular weight is 447 g/mol. The highest BCUT2D eigenvalue weighted by Gasteiger charge is 2.73. The van der Waals surface area contributed by atoms with E-state index >= 15 is 0 Å². The Hall–Kier alpha value is -2.06. The van der Waals surface area contributed by atoms with E-state index in [1.54, 1.807) is 18.2 Å². The first kappa shape index (κ1) is 23.6. The second-order valence-electron chi connectivity index (χ2n) is 8.19. The largest absolute Gasteiger partial charge is 0.443 e. The summed E-state index contributed by atoms with van der Waals surface area (Å²) in [6, 6.07) is 7.73. The summed E-state index contributed by atoms with van der Waals surface area (Å²) >= 11 is 0. The molecule has 3 rings (SSSR count). The van der Waals surface area contributed by atoms with E-state index in [1.165, 1.54) is 17.0 Å². The van der Waals surface area contributed by atoms with Gasteiger partial charge in [-0.15, -0.1) is 0 Å². The number of hydrogen-bond donors (Lipinski definition) is 0. The third kappa shape index (κ3) is 4.90. The Balaban J connectivity index is 2.09. The van der Waals surface area contributed by atoms with E-state index in [4.69, 9.17) is 0 Å². The second-order valence-corrected chi connectivity index (χ2v) is 8.19. The maximum Gasteiger partial charge on any atom is 0.443 e. The molecular formula is C22H27F6N3. The van der Waals surface area contributed by atoms with E-state index in [1.807, 2.05) is 6.92 Å². The van der Waals surface area contributed by atoms with Crippen LogP contribution in [0.15, 0.2) is 40.3 Å². The summed E-state index contributed by atoms with van der Waals surface area (Å²) in [5.41, 5.74) is -4.28. The molecule has 1 saturated carbocycles. The molecule has 172 valence electrons. The summed E-state index contributed by atoms with van der Waals surface area (Å²) < 4.78 is 83.5. The molecule has 1 aliphatic heterocycles. The van der Waals surface area contributed by atoms with Gasteiger partial charge in [-0.1, -0.05) is 69.4 Å². The first-order valence-corrected chi connectivity index (χ1v) is 10.7. The minimum Gasteiger partial charge on any atom is -0.314 e. The zero-order chi connectivity index (χ0) is 22.7. The van der Waals surface area contributed by atoms with Crippen molar-refractivity contribution in [3.05, 3.63) is 35.9 Å². The molecular weight excluding hydrogens is 420 g/mol. The van der Waals surface area contributed by atoms with Crippen molar-refractivity contribution in [2.45, 2.75) is 76.3 Å². The lowest BCUT2D eigenvalue weighted by Gasteiger charge is -2.40. The van der Waals surface area contributed by atoms with Crippen molar-refractivity contribution in [3.8, 4) is 0 Å². The standard InChI is InChI=1S/C22H27F6N3/c1-2-15-31-18(14-13-16-9-5-3-6-10-16)29-20(21(23,24)25,22(26,27)28)30-19(31)17-11-7-4-8-12-17/h4,7-8,11-12,16H,2-3,5-6,9-10,13-15H2,1H3. The monoisotopic (exact) mass is 447 g/mol. The summed E-state index contributed by atoms with van der Waals surface area (Å²) in [5.74, 6) is -0.216. The van der Waals surface area contributed by atoms with Gasteiger partial charge in [-0.05, 0) is 18.8 Å². The predicted molar refractivity (Wildman–Crippen MR) is 108 cm³/mol. The van der Waals surface area contributed by atoms with E-state index in [0.717, 1.165) is 32.1 Å². The highest BCUT2D eigenvalue weighted by Crippen LogP contribution is 2.49. The van der Waals surface area contributed by atoms with Crippen LogP contribution in [0.1, 0.15) is 63.9 Å². The molecule has 0 atom stereocenters. The van der Waals surface area contributed by atoms with Crippen LogP contribution in [-0.2, 0) is 0 Å². The zero-order valence-corrected chi connectivity index (χ0v) is 17.4. The molecule has 1 aliphatic carbocycles. The van der Waals surface area contributed by atoms with Gasteiger partial charge in [-0.3, -0.25) is 0 Å². The van der Waals surface area contributed by atoms with Crippen LogP contribution in [0.4, 0.5) is 26.3 Å². The molecule has 0 radical (unpaired) electrons. The minimum atomic E-state index is -5.71. The van der Waals surface area contributed by atoms with Crippen LogP contribution >= 0.6 is 0 Å². The molecule has 1 fully saturated rings. The number of benzene rings is 1. The highest BCUT2D eigenvalue weighted by atomic mass is 19.4. The molecule has 31 heavy (non-hydrogen) atoms. The second kappa shape index (κ2) is 9.20. The van der Waals surface area contributed by atoms with Crippen molar-refractivity contribution in [3.63, 3.8) is 0 Å². The van der Waals surface area contributed by atoms with Gasteiger partial charge in [0.05, 0.1) is 0 Å². The van der Waals surface area contributed by atoms with Gasteiger partial charge in [0.1, 0.15) is 11.7 Å². The first-order valence-electron chi connectivity index (χ1n) is 10.7. The summed E-state index contributed by atoms with van der Waals surface area (Å²) in [6.07, 6.45) is -5.20. The van der Waals surface area contributed by atoms with Crippen LogP contribution in [0, 0.1) is 5.92 Å². The number of alkyl halides is 6. The fourth-order valence-electron chi connectivity index (χ4n) is 4.29. The van der Waals surface area contributed by atoms with Crippen molar-refractivity contribution < 1.29 is 26.3 Å². The Bertz CT molecular complexity index is 778. The number of nitrogens with zero attached hydrogens (tertiary/aromatic N) is 3. The molecule has 0 N–H and O–H groups in total. The molecule has 0 bridgehead atoms. The third-order valence-electron chi connectivity index (χ3n) is 5.90. The van der Waals surface area contributed by atoms with Crippen LogP contribution in [0.3, 0.4) is 0 Å². The fourth-order valence-corrected chi connectivity index (χ4v) is 4.29. The van der Waals surface area contributed by atoms with E-state index in [9.17, 15) is 26.3 Å². The van der Waals surface area contributed by atoms with E-state index in [0.29, 0.717) is 18.8 Å². The Morgan fingerprint density at radius 3 is 2.10 bits per heavy atom. The molecule has 1 aromatic rings. The van der Waals surface area contributed by atoms with Crippen molar-refractivity contribution in [1.29, 1.82) is 0 Å². The molecule has 1 aromatic carbocycles. The van der Waals surface area contributed by atoms with Gasteiger partial charge in [0, 0.05) is 18.5 Å². The molecule has 0 unspecified atom stereocenters. The van der Waals surface area contributed by atoms with Gasteiger partial charge in [-0.2, -0.15) is 26.3 Å². The quantitative estimate of drug-likeness (QED) is 0.444. The van der Waals surface area contributed by atoms with E-state index in [2.05, 4.69) is 9.98 Å². The van der Waals surface area contributed by atoms with Gasteiger partial charge in [0.25, 0.3) is 0 Å². The molecule has 2 aliphatic rings. The van der Waals surface area contributed by atoms with E-state index in [-0.39, 0.29) is 30.2 Å². The van der Waals surface area contributed by atoms with Crippen LogP contribution < -0.4 is 0 Å². The lowest BCUT2D eigenvalue weighted by atomic mass is 9.86. The lowest BCUT2D eigenvalue weighted by molar-refractivity contribution is -0.293. The van der Waals surface area contributed by atoms with Gasteiger partial charge in [0.2, 0.25) is 0 Å². The van der Waals surface area contributed by atoms with Crippen molar-refractivity contribution in [2.75, 3.05) is 6.54 Å². The number of rotatable bonds is 6. The smallest absolute Gasteiger partial charge is 0.314 e. The van der Waals surface area contributed by atoms with Gasteiger partial charge in [-0.25, -0.2) is 9.98 Å². The van der Waals surface area contributed by atoms with Crippen LogP contribution in [0.2, 0.25) is 0 Å². The van der Waals surface area contributed by atoms with Crippen molar-refractivity contribution >= 4 is 11.7 Å². The Morgan fingerprint density at radius 2 is 1.55 bits per heavy atom. The summed E-state index contributed by atoms with van der Waals surface area (Å²) in [7, 11) is 0. The molecule has 0 spiro atoms. The molecule has 0 amide bonds. The molecule has 3 nitrogen and oxygen atoms in total. The fraction of sp³-hybridized carbons (Fsp3) is 0.636. The maximum absolute atomic E-state index is 13.9. The maximum atomic E-state index is 13.9. The minimum absolute atomic E-state index is 0.0600. The molecule has 9 heteroatoms. The SMILES string of the molecule is CCCN1C(CCC2CCCCC2)=NC(C(F)(F)F)(C(F)(F)F)N=C1c1ccccc1. The van der Waals surface area contributed by atoms with Crippen LogP contribution in [0.5, 0.6) is 0 Å². The Morgan fingerprint density at radius 1 is 0.935 bits per heavy atom. The molecule has 0 saturated heterocycles. The summed E-state index contributed by atoms with van der Waals surface area (Å²) in [4.78, 5) is 8.04. The average Bonchev–Trinajstić information content (AvgIpc) is 2.72. The Labute approximate surface area is 178 Å². The van der Waals surface area contributed by atoms with Gasteiger partial charge >= 0.3 is 18.0 Å². The van der Waals surface area contributed by atoms with Crippen molar-refractivity contribution in [2.24, 2.45) is 15.9 Å². The first-order chi connectivity index (χ1) is 14.6. The van der Waals surface area contributed by atoms with Crippen LogP contribution in [0.25, 0.3) is 0 Å². The number of hydrogen-bond acceptors (Lipinski definition) is 3. The predicted octanol–water partition coefficient (Wildman–Crippen LogP) is 6.74. The van der Waals surface area contributed by atoms with E-state index < -0.39 is 18.0 Å². The summed E-state index contributed by atoms with van der Waals surface area (Å²) in [5, 5.41) is 0. The molecule has 1 heterocycles.